The van der Waals surface area contributed by atoms with Crippen molar-refractivity contribution in [2.75, 3.05) is 24.6 Å². The van der Waals surface area contributed by atoms with Crippen LogP contribution >= 0.6 is 35.7 Å². The molecule has 7 heteroatoms. The molecule has 0 bridgehead atoms. The average Bonchev–Trinajstić information content (AvgIpc) is 3.17. The fourth-order valence-corrected chi connectivity index (χ4v) is 5.69. The third-order valence-electron chi connectivity index (χ3n) is 4.50. The highest BCUT2D eigenvalue weighted by Gasteiger charge is 2.31. The van der Waals surface area contributed by atoms with Crippen LogP contribution in [-0.2, 0) is 4.79 Å². The van der Waals surface area contributed by atoms with Crippen molar-refractivity contribution < 1.29 is 9.90 Å². The molecule has 1 N–H and O–H groups in total. The van der Waals surface area contributed by atoms with Gasteiger partial charge in [0.15, 0.2) is 0 Å². The smallest absolute Gasteiger partial charge is 0.266 e. The summed E-state index contributed by atoms with van der Waals surface area (Å²) in [4.78, 5) is 17.9. The second-order valence-corrected chi connectivity index (χ2v) is 8.80. The minimum atomic E-state index is -0.0379. The maximum absolute atomic E-state index is 12.4. The first-order valence-corrected chi connectivity index (χ1v) is 10.7. The topological polar surface area (TPSA) is 43.8 Å². The van der Waals surface area contributed by atoms with Crippen LogP contribution in [0.4, 0.5) is 5.69 Å². The molecule has 1 fully saturated rings. The lowest BCUT2D eigenvalue weighted by molar-refractivity contribution is -0.122. The number of thioether (sulfide) groups is 2. The summed E-state index contributed by atoms with van der Waals surface area (Å²) in [6, 6.07) is 12.5. The van der Waals surface area contributed by atoms with Gasteiger partial charge < -0.3 is 10.0 Å². The Balaban J connectivity index is 1.72. The van der Waals surface area contributed by atoms with E-state index in [1.807, 2.05) is 31.2 Å². The minimum absolute atomic E-state index is 0.0379. The van der Waals surface area contributed by atoms with Crippen molar-refractivity contribution in [1.29, 1.82) is 0 Å². The Morgan fingerprint density at radius 3 is 2.67 bits per heavy atom. The normalized spacial score (nSPS) is 19.8. The molecule has 2 aliphatic heterocycles. The standard InChI is InChI=1S/C20H18N2O2S3/c1-2-21-19(24)16(27-20(21)25)9-10-17-22(11-12-23)18-14-6-4-3-5-13(14)7-8-15(18)26-17/h3-10,23H,2,11-12H2,1H3/b16-9+,17-10-. The summed E-state index contributed by atoms with van der Waals surface area (Å²) in [5, 5.41) is 12.9. The number of benzene rings is 2. The van der Waals surface area contributed by atoms with Crippen LogP contribution in [0, 0.1) is 0 Å². The number of nitrogens with zero attached hydrogens (tertiary/aromatic N) is 2. The molecule has 0 spiro atoms. The molecular weight excluding hydrogens is 396 g/mol. The quantitative estimate of drug-likeness (QED) is 0.593. The van der Waals surface area contributed by atoms with E-state index in [4.69, 9.17) is 12.2 Å². The highest BCUT2D eigenvalue weighted by atomic mass is 32.2. The fraction of sp³-hybridized carbons (Fsp3) is 0.200. The Kier molecular flexibility index (Phi) is 5.27. The van der Waals surface area contributed by atoms with Crippen LogP contribution in [0.2, 0.25) is 0 Å². The highest BCUT2D eigenvalue weighted by molar-refractivity contribution is 8.26. The maximum Gasteiger partial charge on any atom is 0.266 e. The first-order valence-electron chi connectivity index (χ1n) is 8.67. The molecule has 0 atom stereocenters. The zero-order valence-corrected chi connectivity index (χ0v) is 17.2. The van der Waals surface area contributed by atoms with Crippen molar-refractivity contribution in [3.05, 3.63) is 58.5 Å². The van der Waals surface area contributed by atoms with Gasteiger partial charge in [0.2, 0.25) is 0 Å². The molecule has 0 aromatic heterocycles. The predicted molar refractivity (Wildman–Crippen MR) is 118 cm³/mol. The van der Waals surface area contributed by atoms with Gasteiger partial charge in [-0.15, -0.1) is 0 Å². The SMILES string of the molecule is CCN1C(=O)/C(=C\C=C2/Sc3ccc4ccccc4c3N2CCO)SC1=S. The Morgan fingerprint density at radius 2 is 1.93 bits per heavy atom. The molecule has 0 saturated carbocycles. The van der Waals surface area contributed by atoms with Gasteiger partial charge in [0.1, 0.15) is 4.32 Å². The number of aliphatic hydroxyl groups excluding tert-OH is 1. The molecule has 27 heavy (non-hydrogen) atoms. The lowest BCUT2D eigenvalue weighted by atomic mass is 10.1. The lowest BCUT2D eigenvalue weighted by Crippen LogP contribution is -2.27. The van der Waals surface area contributed by atoms with Gasteiger partial charge in [0.05, 0.1) is 22.2 Å². The lowest BCUT2D eigenvalue weighted by Gasteiger charge is -2.20. The van der Waals surface area contributed by atoms with E-state index in [9.17, 15) is 9.90 Å². The van der Waals surface area contributed by atoms with Gasteiger partial charge in [-0.2, -0.15) is 0 Å². The van der Waals surface area contributed by atoms with Gasteiger partial charge in [0, 0.05) is 23.4 Å². The number of carbonyl (C=O) groups is 1. The van der Waals surface area contributed by atoms with Crippen LogP contribution in [0.3, 0.4) is 0 Å². The summed E-state index contributed by atoms with van der Waals surface area (Å²) in [6.07, 6.45) is 3.80. The number of likely N-dealkylation sites (N-methyl/N-ethyl adjacent to an activating group) is 1. The third-order valence-corrected chi connectivity index (χ3v) is 7.02. The number of amides is 1. The molecule has 2 aromatic carbocycles. The van der Waals surface area contributed by atoms with Crippen molar-refractivity contribution in [2.45, 2.75) is 11.8 Å². The third kappa shape index (κ3) is 3.29. The van der Waals surface area contributed by atoms with Gasteiger partial charge in [-0.3, -0.25) is 9.69 Å². The van der Waals surface area contributed by atoms with E-state index in [1.54, 1.807) is 16.7 Å². The molecule has 1 amide bonds. The molecule has 2 heterocycles. The van der Waals surface area contributed by atoms with Gasteiger partial charge in [-0.05, 0) is 30.5 Å². The summed E-state index contributed by atoms with van der Waals surface area (Å²) in [5.74, 6) is -0.0379. The minimum Gasteiger partial charge on any atom is -0.395 e. The van der Waals surface area contributed by atoms with Crippen LogP contribution in [0.25, 0.3) is 10.8 Å². The van der Waals surface area contributed by atoms with E-state index in [0.717, 1.165) is 21.0 Å². The Bertz CT molecular complexity index is 1000. The summed E-state index contributed by atoms with van der Waals surface area (Å²) >= 11 is 8.27. The molecule has 0 radical (unpaired) electrons. The largest absolute Gasteiger partial charge is 0.395 e. The van der Waals surface area contributed by atoms with E-state index in [-0.39, 0.29) is 12.5 Å². The monoisotopic (exact) mass is 414 g/mol. The first-order chi connectivity index (χ1) is 13.1. The number of aliphatic hydroxyl groups is 1. The number of β-amino-alcohol motifs (C(OH)–C–C–N with tert-alkyl or cyclic N) is 1. The second-order valence-electron chi connectivity index (χ2n) is 6.06. The molecule has 1 saturated heterocycles. The number of carbonyl (C=O) groups excluding carboxylic acids is 1. The van der Waals surface area contributed by atoms with Crippen LogP contribution < -0.4 is 4.90 Å². The number of hydrogen-bond acceptors (Lipinski definition) is 6. The van der Waals surface area contributed by atoms with E-state index in [0.29, 0.717) is 22.3 Å². The van der Waals surface area contributed by atoms with Gasteiger partial charge >= 0.3 is 0 Å². The molecular formula is C20H18N2O2S3. The average molecular weight is 415 g/mol. The van der Waals surface area contributed by atoms with Gasteiger partial charge in [-0.25, -0.2) is 0 Å². The number of allylic oxidation sites excluding steroid dienone is 2. The van der Waals surface area contributed by atoms with Crippen molar-refractivity contribution in [3.8, 4) is 0 Å². The van der Waals surface area contributed by atoms with E-state index < -0.39 is 0 Å². The first kappa shape index (κ1) is 18.6. The van der Waals surface area contributed by atoms with Crippen molar-refractivity contribution >= 4 is 62.4 Å². The summed E-state index contributed by atoms with van der Waals surface area (Å²) < 4.78 is 0.604. The molecule has 0 unspecified atom stereocenters. The summed E-state index contributed by atoms with van der Waals surface area (Å²) in [7, 11) is 0. The van der Waals surface area contributed by atoms with Gasteiger partial charge in [0.25, 0.3) is 5.91 Å². The van der Waals surface area contributed by atoms with E-state index in [1.165, 1.54) is 17.1 Å². The van der Waals surface area contributed by atoms with Crippen molar-refractivity contribution in [3.63, 3.8) is 0 Å². The second kappa shape index (κ2) is 7.67. The van der Waals surface area contributed by atoms with Crippen LogP contribution in [0.15, 0.2) is 63.4 Å². The summed E-state index contributed by atoms with van der Waals surface area (Å²) in [5.41, 5.74) is 1.12. The zero-order chi connectivity index (χ0) is 19.0. The predicted octanol–water partition coefficient (Wildman–Crippen LogP) is 4.35. The Labute approximate surface area is 171 Å². The van der Waals surface area contributed by atoms with Gasteiger partial charge in [-0.1, -0.05) is 66.1 Å². The molecule has 0 aliphatic carbocycles. The van der Waals surface area contributed by atoms with Crippen molar-refractivity contribution in [1.82, 2.24) is 4.90 Å². The summed E-state index contributed by atoms with van der Waals surface area (Å²) in [6.45, 7) is 3.06. The molecule has 138 valence electrons. The molecule has 2 aromatic rings. The highest BCUT2D eigenvalue weighted by Crippen LogP contribution is 2.49. The molecule has 4 nitrogen and oxygen atoms in total. The number of hydrogen-bond donors (Lipinski definition) is 1. The van der Waals surface area contributed by atoms with Crippen LogP contribution in [0.1, 0.15) is 6.92 Å². The van der Waals surface area contributed by atoms with E-state index in [2.05, 4.69) is 29.2 Å². The zero-order valence-electron chi connectivity index (χ0n) is 14.7. The number of rotatable bonds is 4. The van der Waals surface area contributed by atoms with Crippen LogP contribution in [-0.4, -0.2) is 39.9 Å². The number of thiocarbonyl (C=S) groups is 1. The number of anilines is 1. The Morgan fingerprint density at radius 1 is 1.11 bits per heavy atom. The van der Waals surface area contributed by atoms with Crippen LogP contribution in [0.5, 0.6) is 0 Å². The fourth-order valence-electron chi connectivity index (χ4n) is 3.25. The Hall–Kier alpha value is -1.80. The van der Waals surface area contributed by atoms with Crippen molar-refractivity contribution in [2.24, 2.45) is 0 Å². The number of fused-ring (bicyclic) bond motifs is 3. The maximum atomic E-state index is 12.4. The molecule has 4 rings (SSSR count). The molecule has 2 aliphatic rings. The van der Waals surface area contributed by atoms with E-state index >= 15 is 0 Å².